The lowest BCUT2D eigenvalue weighted by Crippen LogP contribution is -2.19. The van der Waals surface area contributed by atoms with Gasteiger partial charge >= 0.3 is 0 Å². The standard InChI is InChI=1S/C10H13F2NO/c1-13(2)5-6-14-8-3-4-9(11)10(12)7-8/h3-4,7H,5-6H2,1-2H3. The van der Waals surface area contributed by atoms with Crippen LogP contribution in [0.1, 0.15) is 0 Å². The minimum atomic E-state index is -0.882. The molecule has 0 unspecified atom stereocenters. The van der Waals surface area contributed by atoms with Crippen LogP contribution < -0.4 is 4.74 Å². The van der Waals surface area contributed by atoms with Crippen molar-refractivity contribution >= 4 is 0 Å². The Labute approximate surface area is 82.1 Å². The average Bonchev–Trinajstić information content (AvgIpc) is 2.10. The van der Waals surface area contributed by atoms with Gasteiger partial charge in [-0.25, -0.2) is 8.78 Å². The first-order valence-electron chi connectivity index (χ1n) is 4.32. The maximum Gasteiger partial charge on any atom is 0.162 e. The van der Waals surface area contributed by atoms with Crippen molar-refractivity contribution in [2.24, 2.45) is 0 Å². The fourth-order valence-electron chi connectivity index (χ4n) is 0.913. The largest absolute Gasteiger partial charge is 0.492 e. The Hall–Kier alpha value is -1.16. The molecule has 0 N–H and O–H groups in total. The Bertz CT molecular complexity index is 302. The second-order valence-corrected chi connectivity index (χ2v) is 3.23. The van der Waals surface area contributed by atoms with E-state index in [1.165, 1.54) is 6.07 Å². The molecule has 0 radical (unpaired) electrons. The molecule has 0 atom stereocenters. The first kappa shape index (κ1) is 10.9. The molecule has 0 aliphatic rings. The van der Waals surface area contributed by atoms with E-state index in [0.717, 1.165) is 18.7 Å². The van der Waals surface area contributed by atoms with Crippen molar-refractivity contribution in [1.82, 2.24) is 4.90 Å². The Morgan fingerprint density at radius 2 is 1.93 bits per heavy atom. The first-order valence-corrected chi connectivity index (χ1v) is 4.32. The molecule has 4 heteroatoms. The van der Waals surface area contributed by atoms with E-state index in [1.54, 1.807) is 0 Å². The Kier molecular flexibility index (Phi) is 3.83. The van der Waals surface area contributed by atoms with Crippen LogP contribution in [0.5, 0.6) is 5.75 Å². The molecule has 0 saturated heterocycles. The molecular weight excluding hydrogens is 188 g/mol. The third kappa shape index (κ3) is 3.30. The van der Waals surface area contributed by atoms with Crippen molar-refractivity contribution in [3.05, 3.63) is 29.8 Å². The normalized spacial score (nSPS) is 10.6. The highest BCUT2D eigenvalue weighted by Gasteiger charge is 2.02. The lowest BCUT2D eigenvalue weighted by atomic mass is 10.3. The van der Waals surface area contributed by atoms with E-state index in [4.69, 9.17) is 4.74 Å². The molecule has 0 aliphatic heterocycles. The summed E-state index contributed by atoms with van der Waals surface area (Å²) in [6, 6.07) is 3.51. The van der Waals surface area contributed by atoms with Crippen molar-refractivity contribution in [1.29, 1.82) is 0 Å². The van der Waals surface area contributed by atoms with Crippen LogP contribution in [-0.4, -0.2) is 32.1 Å². The fourth-order valence-corrected chi connectivity index (χ4v) is 0.913. The zero-order valence-corrected chi connectivity index (χ0v) is 8.26. The van der Waals surface area contributed by atoms with Gasteiger partial charge in [-0.2, -0.15) is 0 Å². The summed E-state index contributed by atoms with van der Waals surface area (Å²) in [6.07, 6.45) is 0. The van der Waals surface area contributed by atoms with E-state index in [2.05, 4.69) is 0 Å². The summed E-state index contributed by atoms with van der Waals surface area (Å²) in [5.41, 5.74) is 0. The maximum atomic E-state index is 12.7. The molecule has 1 aromatic rings. The molecule has 1 rings (SSSR count). The van der Waals surface area contributed by atoms with Gasteiger partial charge in [-0.05, 0) is 26.2 Å². The molecule has 0 aromatic heterocycles. The number of likely N-dealkylation sites (N-methyl/N-ethyl adjacent to an activating group) is 1. The van der Waals surface area contributed by atoms with Crippen molar-refractivity contribution in [3.8, 4) is 5.75 Å². The van der Waals surface area contributed by atoms with E-state index in [9.17, 15) is 8.78 Å². The minimum Gasteiger partial charge on any atom is -0.492 e. The van der Waals surface area contributed by atoms with Crippen LogP contribution in [0.15, 0.2) is 18.2 Å². The van der Waals surface area contributed by atoms with E-state index < -0.39 is 11.6 Å². The second kappa shape index (κ2) is 4.91. The molecule has 0 saturated carbocycles. The lowest BCUT2D eigenvalue weighted by Gasteiger charge is -2.10. The summed E-state index contributed by atoms with van der Waals surface area (Å²) >= 11 is 0. The molecule has 0 fully saturated rings. The zero-order chi connectivity index (χ0) is 10.6. The third-order valence-corrected chi connectivity index (χ3v) is 1.70. The third-order valence-electron chi connectivity index (χ3n) is 1.70. The molecule has 78 valence electrons. The highest BCUT2D eigenvalue weighted by atomic mass is 19.2. The monoisotopic (exact) mass is 201 g/mol. The summed E-state index contributed by atoms with van der Waals surface area (Å²) in [5.74, 6) is -1.39. The number of halogens is 2. The molecule has 0 aliphatic carbocycles. The van der Waals surface area contributed by atoms with Gasteiger partial charge in [0.25, 0.3) is 0 Å². The van der Waals surface area contributed by atoms with Gasteiger partial charge in [0.15, 0.2) is 11.6 Å². The number of ether oxygens (including phenoxy) is 1. The summed E-state index contributed by atoms with van der Waals surface area (Å²) in [5, 5.41) is 0. The van der Waals surface area contributed by atoms with Crippen LogP contribution in [-0.2, 0) is 0 Å². The van der Waals surface area contributed by atoms with Crippen LogP contribution in [0, 0.1) is 11.6 Å². The van der Waals surface area contributed by atoms with Crippen molar-refractivity contribution in [3.63, 3.8) is 0 Å². The quantitative estimate of drug-likeness (QED) is 0.737. The van der Waals surface area contributed by atoms with E-state index in [1.807, 2.05) is 19.0 Å². The van der Waals surface area contributed by atoms with Crippen LogP contribution in [0.4, 0.5) is 8.78 Å². The predicted octanol–water partition coefficient (Wildman–Crippen LogP) is 1.91. The van der Waals surface area contributed by atoms with Gasteiger partial charge in [0.2, 0.25) is 0 Å². The van der Waals surface area contributed by atoms with Crippen LogP contribution in [0.2, 0.25) is 0 Å². The molecule has 1 aromatic carbocycles. The van der Waals surface area contributed by atoms with Crippen LogP contribution in [0.3, 0.4) is 0 Å². The topological polar surface area (TPSA) is 12.5 Å². The van der Waals surface area contributed by atoms with Gasteiger partial charge in [0.05, 0.1) is 0 Å². The Morgan fingerprint density at radius 3 is 2.50 bits per heavy atom. The Balaban J connectivity index is 2.47. The highest BCUT2D eigenvalue weighted by Crippen LogP contribution is 2.14. The van der Waals surface area contributed by atoms with Gasteiger partial charge in [0, 0.05) is 12.6 Å². The first-order chi connectivity index (χ1) is 6.59. The summed E-state index contributed by atoms with van der Waals surface area (Å²) in [7, 11) is 3.82. The van der Waals surface area contributed by atoms with Gasteiger partial charge < -0.3 is 9.64 Å². The SMILES string of the molecule is CN(C)CCOc1ccc(F)c(F)c1. The fraction of sp³-hybridized carbons (Fsp3) is 0.400. The molecule has 14 heavy (non-hydrogen) atoms. The van der Waals surface area contributed by atoms with Gasteiger partial charge in [0.1, 0.15) is 12.4 Å². The summed E-state index contributed by atoms with van der Waals surface area (Å²) in [4.78, 5) is 1.94. The molecular formula is C10H13F2NO. The number of benzene rings is 1. The number of hydrogen-bond acceptors (Lipinski definition) is 2. The number of rotatable bonds is 4. The molecule has 0 heterocycles. The molecule has 2 nitrogen and oxygen atoms in total. The molecule has 0 spiro atoms. The number of hydrogen-bond donors (Lipinski definition) is 0. The van der Waals surface area contributed by atoms with E-state index >= 15 is 0 Å². The van der Waals surface area contributed by atoms with Gasteiger partial charge in [-0.15, -0.1) is 0 Å². The smallest absolute Gasteiger partial charge is 0.162 e. The van der Waals surface area contributed by atoms with E-state index in [0.29, 0.717) is 12.4 Å². The van der Waals surface area contributed by atoms with E-state index in [-0.39, 0.29) is 0 Å². The van der Waals surface area contributed by atoms with Crippen molar-refractivity contribution < 1.29 is 13.5 Å². The molecule has 0 amide bonds. The van der Waals surface area contributed by atoms with Crippen LogP contribution in [0.25, 0.3) is 0 Å². The van der Waals surface area contributed by atoms with Crippen molar-refractivity contribution in [2.75, 3.05) is 27.2 Å². The Morgan fingerprint density at radius 1 is 1.21 bits per heavy atom. The summed E-state index contributed by atoms with van der Waals surface area (Å²) < 4.78 is 30.4. The maximum absolute atomic E-state index is 12.7. The molecule has 0 bridgehead atoms. The second-order valence-electron chi connectivity index (χ2n) is 3.23. The van der Waals surface area contributed by atoms with Gasteiger partial charge in [-0.1, -0.05) is 0 Å². The van der Waals surface area contributed by atoms with Crippen molar-refractivity contribution in [2.45, 2.75) is 0 Å². The highest BCUT2D eigenvalue weighted by molar-refractivity contribution is 5.23. The summed E-state index contributed by atoms with van der Waals surface area (Å²) in [6.45, 7) is 1.19. The van der Waals surface area contributed by atoms with Crippen LogP contribution >= 0.6 is 0 Å². The lowest BCUT2D eigenvalue weighted by molar-refractivity contribution is 0.260. The average molecular weight is 201 g/mol. The minimum absolute atomic E-state index is 0.353. The zero-order valence-electron chi connectivity index (χ0n) is 8.26. The predicted molar refractivity (Wildman–Crippen MR) is 50.4 cm³/mol. The number of nitrogens with zero attached hydrogens (tertiary/aromatic N) is 1. The van der Waals surface area contributed by atoms with Gasteiger partial charge in [-0.3, -0.25) is 0 Å².